The molecule has 0 aliphatic carbocycles. The van der Waals surface area contributed by atoms with Gasteiger partial charge in [-0.05, 0) is 24.0 Å². The third-order valence-corrected chi connectivity index (χ3v) is 2.41. The van der Waals surface area contributed by atoms with E-state index >= 15 is 0 Å². The van der Waals surface area contributed by atoms with E-state index in [0.29, 0.717) is 11.7 Å². The van der Waals surface area contributed by atoms with Crippen molar-refractivity contribution in [3.05, 3.63) is 30.0 Å². The van der Waals surface area contributed by atoms with Crippen molar-refractivity contribution >= 4 is 10.9 Å². The number of aromatic nitrogens is 1. The second-order valence-electron chi connectivity index (χ2n) is 4.11. The van der Waals surface area contributed by atoms with Crippen molar-refractivity contribution in [1.29, 1.82) is 0 Å². The highest BCUT2D eigenvalue weighted by molar-refractivity contribution is 5.88. The van der Waals surface area contributed by atoms with Gasteiger partial charge in [-0.1, -0.05) is 26.0 Å². The van der Waals surface area contributed by atoms with Crippen LogP contribution in [-0.4, -0.2) is 10.1 Å². The predicted octanol–water partition coefficient (Wildman–Crippen LogP) is 3.07. The van der Waals surface area contributed by atoms with Crippen molar-refractivity contribution in [2.75, 3.05) is 0 Å². The highest BCUT2D eigenvalue weighted by Gasteiger charge is 2.07. The van der Waals surface area contributed by atoms with E-state index in [1.807, 2.05) is 18.3 Å². The number of rotatable bonds is 2. The fraction of sp³-hybridized carbons (Fsp3) is 0.333. The lowest BCUT2D eigenvalue weighted by atomic mass is 10.0. The number of H-pyrrole nitrogens is 1. The molecule has 0 saturated carbocycles. The van der Waals surface area contributed by atoms with Crippen molar-refractivity contribution in [3.63, 3.8) is 0 Å². The van der Waals surface area contributed by atoms with Crippen LogP contribution in [0.5, 0.6) is 5.75 Å². The van der Waals surface area contributed by atoms with Gasteiger partial charge in [-0.3, -0.25) is 0 Å². The van der Waals surface area contributed by atoms with Crippen LogP contribution in [0.25, 0.3) is 10.9 Å². The first-order chi connectivity index (χ1) is 6.68. The molecule has 0 bridgehead atoms. The number of fused-ring (bicyclic) bond motifs is 1. The molecule has 0 radical (unpaired) electrons. The minimum Gasteiger partial charge on any atom is -0.506 e. The van der Waals surface area contributed by atoms with Crippen LogP contribution in [-0.2, 0) is 6.42 Å². The summed E-state index contributed by atoms with van der Waals surface area (Å²) in [6.07, 6.45) is 3.04. The molecule has 0 fully saturated rings. The number of hydrogen-bond donors (Lipinski definition) is 2. The largest absolute Gasteiger partial charge is 0.506 e. The van der Waals surface area contributed by atoms with Gasteiger partial charge < -0.3 is 10.1 Å². The van der Waals surface area contributed by atoms with E-state index in [2.05, 4.69) is 18.8 Å². The first-order valence-electron chi connectivity index (χ1n) is 4.96. The van der Waals surface area contributed by atoms with Gasteiger partial charge in [0, 0.05) is 11.6 Å². The summed E-state index contributed by atoms with van der Waals surface area (Å²) in [5.41, 5.74) is 2.13. The topological polar surface area (TPSA) is 36.0 Å². The van der Waals surface area contributed by atoms with Gasteiger partial charge in [0.1, 0.15) is 5.75 Å². The summed E-state index contributed by atoms with van der Waals surface area (Å²) in [7, 11) is 0. The lowest BCUT2D eigenvalue weighted by Gasteiger charge is -2.02. The van der Waals surface area contributed by atoms with E-state index in [1.165, 1.54) is 5.56 Å². The molecule has 74 valence electrons. The van der Waals surface area contributed by atoms with Gasteiger partial charge >= 0.3 is 0 Å². The highest BCUT2D eigenvalue weighted by atomic mass is 16.3. The highest BCUT2D eigenvalue weighted by Crippen LogP contribution is 2.27. The Morgan fingerprint density at radius 2 is 2.14 bits per heavy atom. The number of phenolic OH excluding ortho intramolecular Hbond substituents is 1. The van der Waals surface area contributed by atoms with E-state index in [4.69, 9.17) is 0 Å². The van der Waals surface area contributed by atoms with Gasteiger partial charge in [-0.25, -0.2) is 0 Å². The Balaban J connectivity index is 2.52. The summed E-state index contributed by atoms with van der Waals surface area (Å²) >= 11 is 0. The zero-order valence-corrected chi connectivity index (χ0v) is 8.54. The summed E-state index contributed by atoms with van der Waals surface area (Å²) in [5.74, 6) is 0.967. The van der Waals surface area contributed by atoms with Gasteiger partial charge in [0.25, 0.3) is 0 Å². The zero-order valence-electron chi connectivity index (χ0n) is 8.54. The van der Waals surface area contributed by atoms with Crippen molar-refractivity contribution in [3.8, 4) is 5.75 Å². The molecule has 2 rings (SSSR count). The van der Waals surface area contributed by atoms with E-state index in [1.54, 1.807) is 6.07 Å². The molecule has 2 nitrogen and oxygen atoms in total. The maximum atomic E-state index is 9.59. The number of benzene rings is 1. The standard InChI is InChI=1S/C12H15NO/c1-8(2)6-9-7-13-12-10(9)4-3-5-11(12)14/h3-5,7-8,13-14H,6H2,1-2H3. The second-order valence-corrected chi connectivity index (χ2v) is 4.11. The summed E-state index contributed by atoms with van der Waals surface area (Å²) in [4.78, 5) is 3.11. The first-order valence-corrected chi connectivity index (χ1v) is 4.96. The van der Waals surface area contributed by atoms with Crippen molar-refractivity contribution in [2.24, 2.45) is 5.92 Å². The third-order valence-electron chi connectivity index (χ3n) is 2.41. The maximum absolute atomic E-state index is 9.59. The van der Waals surface area contributed by atoms with Crippen LogP contribution in [0, 0.1) is 5.92 Å². The van der Waals surface area contributed by atoms with Crippen molar-refractivity contribution in [1.82, 2.24) is 4.98 Å². The van der Waals surface area contributed by atoms with Crippen LogP contribution in [0.15, 0.2) is 24.4 Å². The Morgan fingerprint density at radius 3 is 2.86 bits per heavy atom. The van der Waals surface area contributed by atoms with Gasteiger partial charge in [-0.2, -0.15) is 0 Å². The molecule has 0 amide bonds. The molecular formula is C12H15NO. The molecule has 0 spiro atoms. The number of hydrogen-bond acceptors (Lipinski definition) is 1. The Hall–Kier alpha value is -1.44. The first kappa shape index (κ1) is 9.13. The average molecular weight is 189 g/mol. The van der Waals surface area contributed by atoms with Crippen LogP contribution >= 0.6 is 0 Å². The molecule has 0 atom stereocenters. The second kappa shape index (κ2) is 3.37. The minimum atomic E-state index is 0.331. The summed E-state index contributed by atoms with van der Waals surface area (Å²) in [6.45, 7) is 4.39. The van der Waals surface area contributed by atoms with Crippen LogP contribution in [0.4, 0.5) is 0 Å². The molecule has 0 unspecified atom stereocenters. The molecule has 1 aromatic heterocycles. The average Bonchev–Trinajstić information content (AvgIpc) is 2.49. The summed E-state index contributed by atoms with van der Waals surface area (Å²) in [5, 5.41) is 10.7. The van der Waals surface area contributed by atoms with Gasteiger partial charge in [0.2, 0.25) is 0 Å². The molecule has 0 aliphatic heterocycles. The Bertz CT molecular complexity index is 443. The maximum Gasteiger partial charge on any atom is 0.139 e. The predicted molar refractivity (Wildman–Crippen MR) is 58.5 cm³/mol. The molecule has 2 heteroatoms. The fourth-order valence-corrected chi connectivity index (χ4v) is 1.81. The van der Waals surface area contributed by atoms with Crippen LogP contribution in [0.1, 0.15) is 19.4 Å². The molecule has 1 heterocycles. The zero-order chi connectivity index (χ0) is 10.1. The molecule has 0 aliphatic rings. The normalized spacial score (nSPS) is 11.4. The smallest absolute Gasteiger partial charge is 0.139 e. The molecule has 1 aromatic carbocycles. The Morgan fingerprint density at radius 1 is 1.36 bits per heavy atom. The van der Waals surface area contributed by atoms with Crippen LogP contribution in [0.2, 0.25) is 0 Å². The van der Waals surface area contributed by atoms with E-state index in [0.717, 1.165) is 17.3 Å². The Labute approximate surface area is 83.6 Å². The molecular weight excluding hydrogens is 174 g/mol. The van der Waals surface area contributed by atoms with Crippen molar-refractivity contribution < 1.29 is 5.11 Å². The lowest BCUT2D eigenvalue weighted by molar-refractivity contribution is 0.480. The van der Waals surface area contributed by atoms with Crippen LogP contribution in [0.3, 0.4) is 0 Å². The molecule has 0 saturated heterocycles. The van der Waals surface area contributed by atoms with Gasteiger partial charge in [-0.15, -0.1) is 0 Å². The summed E-state index contributed by atoms with van der Waals surface area (Å²) in [6, 6.07) is 5.64. The minimum absolute atomic E-state index is 0.331. The quantitative estimate of drug-likeness (QED) is 0.748. The van der Waals surface area contributed by atoms with E-state index in [-0.39, 0.29) is 0 Å². The van der Waals surface area contributed by atoms with Crippen LogP contribution < -0.4 is 0 Å². The third kappa shape index (κ3) is 1.48. The summed E-state index contributed by atoms with van der Waals surface area (Å²) < 4.78 is 0. The van der Waals surface area contributed by atoms with E-state index in [9.17, 15) is 5.11 Å². The Kier molecular flexibility index (Phi) is 2.20. The van der Waals surface area contributed by atoms with E-state index < -0.39 is 0 Å². The van der Waals surface area contributed by atoms with Crippen molar-refractivity contribution in [2.45, 2.75) is 20.3 Å². The fourth-order valence-electron chi connectivity index (χ4n) is 1.81. The SMILES string of the molecule is CC(C)Cc1c[nH]c2c(O)cccc12. The van der Waals surface area contributed by atoms with Gasteiger partial charge in [0.15, 0.2) is 0 Å². The monoisotopic (exact) mass is 189 g/mol. The molecule has 14 heavy (non-hydrogen) atoms. The number of nitrogens with one attached hydrogen (secondary N) is 1. The molecule has 2 aromatic rings. The number of aromatic hydroxyl groups is 1. The molecule has 2 N–H and O–H groups in total. The lowest BCUT2D eigenvalue weighted by Crippen LogP contribution is -1.91. The number of para-hydroxylation sites is 1. The number of phenols is 1. The van der Waals surface area contributed by atoms with Gasteiger partial charge in [0.05, 0.1) is 5.52 Å². The number of aromatic amines is 1.